The number of hydrogen-bond acceptors (Lipinski definition) is 3. The lowest BCUT2D eigenvalue weighted by Gasteiger charge is -2.20. The molecule has 0 fully saturated rings. The Balaban J connectivity index is 1.60. The third kappa shape index (κ3) is 4.91. The third-order valence-corrected chi connectivity index (χ3v) is 4.63. The van der Waals surface area contributed by atoms with Gasteiger partial charge in [0.25, 0.3) is 0 Å². The van der Waals surface area contributed by atoms with Crippen molar-refractivity contribution in [2.24, 2.45) is 0 Å². The van der Waals surface area contributed by atoms with Crippen LogP contribution in [0.15, 0.2) is 48.5 Å². The molecule has 0 bridgehead atoms. The Labute approximate surface area is 161 Å². The van der Waals surface area contributed by atoms with E-state index in [0.29, 0.717) is 13.2 Å². The molecule has 27 heavy (non-hydrogen) atoms. The summed E-state index contributed by atoms with van der Waals surface area (Å²) in [4.78, 5) is 12.3. The summed E-state index contributed by atoms with van der Waals surface area (Å²) in [5.74, 6) is 1.36. The van der Waals surface area contributed by atoms with Gasteiger partial charge in [-0.2, -0.15) is 0 Å². The van der Waals surface area contributed by atoms with E-state index in [0.717, 1.165) is 22.6 Å². The number of nitrogens with one attached hydrogen (secondary N) is 1. The predicted octanol–water partition coefficient (Wildman–Crippen LogP) is 4.65. The predicted molar refractivity (Wildman–Crippen MR) is 108 cm³/mol. The fourth-order valence-corrected chi connectivity index (χ4v) is 2.94. The molecule has 4 nitrogen and oxygen atoms in total. The molecule has 0 radical (unpaired) electrons. The Morgan fingerprint density at radius 1 is 1.04 bits per heavy atom. The largest absolute Gasteiger partial charge is 0.486 e. The molecule has 1 aliphatic rings. The van der Waals surface area contributed by atoms with Crippen molar-refractivity contribution in [3.05, 3.63) is 65.2 Å². The summed E-state index contributed by atoms with van der Waals surface area (Å²) in [5.41, 5.74) is 3.38. The van der Waals surface area contributed by atoms with Crippen molar-refractivity contribution < 1.29 is 14.3 Å². The Kier molecular flexibility index (Phi) is 5.54. The monoisotopic (exact) mass is 365 g/mol. The van der Waals surface area contributed by atoms with Crippen LogP contribution in [-0.4, -0.2) is 19.1 Å². The maximum atomic E-state index is 12.3. The summed E-state index contributed by atoms with van der Waals surface area (Å²) in [7, 11) is 0. The van der Waals surface area contributed by atoms with Crippen LogP contribution in [0.4, 0.5) is 0 Å². The maximum Gasteiger partial charge on any atom is 0.244 e. The zero-order valence-electron chi connectivity index (χ0n) is 16.4. The SMILES string of the molecule is C[C@@H](NC(=O)/C=C/c1ccc(C(C)(C)C)cc1)c1ccc2c(c1)OCCO2. The summed E-state index contributed by atoms with van der Waals surface area (Å²) in [6.07, 6.45) is 3.40. The van der Waals surface area contributed by atoms with Gasteiger partial charge < -0.3 is 14.8 Å². The smallest absolute Gasteiger partial charge is 0.244 e. The minimum Gasteiger partial charge on any atom is -0.486 e. The fourth-order valence-electron chi connectivity index (χ4n) is 2.94. The molecule has 0 spiro atoms. The number of amides is 1. The highest BCUT2D eigenvalue weighted by atomic mass is 16.6. The molecule has 142 valence electrons. The van der Waals surface area contributed by atoms with Crippen molar-refractivity contribution in [2.45, 2.75) is 39.2 Å². The molecule has 2 aromatic carbocycles. The number of ether oxygens (including phenoxy) is 2. The van der Waals surface area contributed by atoms with Crippen LogP contribution in [0.2, 0.25) is 0 Å². The topological polar surface area (TPSA) is 47.6 Å². The molecule has 0 saturated carbocycles. The molecule has 3 rings (SSSR count). The van der Waals surface area contributed by atoms with Crippen LogP contribution in [0.1, 0.15) is 50.4 Å². The first kappa shape index (κ1) is 19.0. The van der Waals surface area contributed by atoms with Gasteiger partial charge in [0.1, 0.15) is 13.2 Å². The average Bonchev–Trinajstić information content (AvgIpc) is 2.65. The van der Waals surface area contributed by atoms with Gasteiger partial charge in [0.15, 0.2) is 11.5 Å². The van der Waals surface area contributed by atoms with Crippen LogP contribution in [0.3, 0.4) is 0 Å². The summed E-state index contributed by atoms with van der Waals surface area (Å²) in [5, 5.41) is 2.99. The van der Waals surface area contributed by atoms with Crippen molar-refractivity contribution >= 4 is 12.0 Å². The molecule has 0 aliphatic carbocycles. The average molecular weight is 365 g/mol. The molecule has 1 heterocycles. The van der Waals surface area contributed by atoms with Crippen molar-refractivity contribution in [1.29, 1.82) is 0 Å². The molecule has 0 saturated heterocycles. The van der Waals surface area contributed by atoms with Crippen molar-refractivity contribution in [2.75, 3.05) is 13.2 Å². The second-order valence-electron chi connectivity index (χ2n) is 7.84. The minimum atomic E-state index is -0.128. The van der Waals surface area contributed by atoms with Gasteiger partial charge in [-0.05, 0) is 47.2 Å². The molecule has 2 aromatic rings. The van der Waals surface area contributed by atoms with Gasteiger partial charge in [-0.15, -0.1) is 0 Å². The van der Waals surface area contributed by atoms with Crippen molar-refractivity contribution in [3.63, 3.8) is 0 Å². The van der Waals surface area contributed by atoms with Gasteiger partial charge >= 0.3 is 0 Å². The third-order valence-electron chi connectivity index (χ3n) is 4.63. The van der Waals surface area contributed by atoms with Gasteiger partial charge in [0, 0.05) is 6.08 Å². The lowest BCUT2D eigenvalue weighted by molar-refractivity contribution is -0.117. The number of rotatable bonds is 4. The number of carbonyl (C=O) groups is 1. The molecule has 1 amide bonds. The van der Waals surface area contributed by atoms with Crippen LogP contribution in [0.25, 0.3) is 6.08 Å². The number of fused-ring (bicyclic) bond motifs is 1. The standard InChI is InChI=1S/C23H27NO3/c1-16(18-8-11-20-21(15-18)27-14-13-26-20)24-22(25)12-7-17-5-9-19(10-6-17)23(2,3)4/h5-12,15-16H,13-14H2,1-4H3,(H,24,25)/b12-7+/t16-/m1/s1. The summed E-state index contributed by atoms with van der Waals surface area (Å²) >= 11 is 0. The Hall–Kier alpha value is -2.75. The molecule has 1 aliphatic heterocycles. The number of benzene rings is 2. The van der Waals surface area contributed by atoms with E-state index < -0.39 is 0 Å². The first-order chi connectivity index (χ1) is 12.8. The highest BCUT2D eigenvalue weighted by Gasteiger charge is 2.15. The van der Waals surface area contributed by atoms with Crippen LogP contribution in [-0.2, 0) is 10.2 Å². The van der Waals surface area contributed by atoms with Crippen molar-refractivity contribution in [1.82, 2.24) is 5.32 Å². The summed E-state index contributed by atoms with van der Waals surface area (Å²) in [6, 6.07) is 13.9. The summed E-state index contributed by atoms with van der Waals surface area (Å²) < 4.78 is 11.1. The molecule has 0 aromatic heterocycles. The van der Waals surface area contributed by atoms with Crippen LogP contribution in [0.5, 0.6) is 11.5 Å². The van der Waals surface area contributed by atoms with Gasteiger partial charge in [0.2, 0.25) is 5.91 Å². The molecule has 4 heteroatoms. The maximum absolute atomic E-state index is 12.3. The lowest BCUT2D eigenvalue weighted by Crippen LogP contribution is -2.25. The lowest BCUT2D eigenvalue weighted by atomic mass is 9.87. The zero-order valence-corrected chi connectivity index (χ0v) is 16.4. The molecular weight excluding hydrogens is 338 g/mol. The van der Waals surface area contributed by atoms with Gasteiger partial charge in [-0.1, -0.05) is 51.1 Å². The quantitative estimate of drug-likeness (QED) is 0.803. The highest BCUT2D eigenvalue weighted by molar-refractivity contribution is 5.92. The van der Waals surface area contributed by atoms with E-state index >= 15 is 0 Å². The minimum absolute atomic E-state index is 0.124. The molecule has 0 unspecified atom stereocenters. The first-order valence-electron chi connectivity index (χ1n) is 9.31. The Bertz CT molecular complexity index is 832. The summed E-state index contributed by atoms with van der Waals surface area (Å²) in [6.45, 7) is 9.63. The first-order valence-corrected chi connectivity index (χ1v) is 9.31. The van der Waals surface area contributed by atoms with Crippen molar-refractivity contribution in [3.8, 4) is 11.5 Å². The van der Waals surface area contributed by atoms with Crippen LogP contribution in [0, 0.1) is 0 Å². The van der Waals surface area contributed by atoms with Crippen LogP contribution < -0.4 is 14.8 Å². The fraction of sp³-hybridized carbons (Fsp3) is 0.348. The normalized spacial score (nSPS) is 14.8. The Morgan fingerprint density at radius 3 is 2.37 bits per heavy atom. The van der Waals surface area contributed by atoms with E-state index in [1.54, 1.807) is 6.08 Å². The molecule has 1 atom stereocenters. The van der Waals surface area contributed by atoms with E-state index in [2.05, 4.69) is 38.2 Å². The van der Waals surface area contributed by atoms with E-state index in [1.165, 1.54) is 5.56 Å². The second kappa shape index (κ2) is 7.87. The van der Waals surface area contributed by atoms with Gasteiger partial charge in [0.05, 0.1) is 6.04 Å². The van der Waals surface area contributed by atoms with Gasteiger partial charge in [-0.25, -0.2) is 0 Å². The Morgan fingerprint density at radius 2 is 1.70 bits per heavy atom. The van der Waals surface area contributed by atoms with E-state index in [4.69, 9.17) is 9.47 Å². The van der Waals surface area contributed by atoms with Gasteiger partial charge in [-0.3, -0.25) is 4.79 Å². The molecular formula is C23H27NO3. The van der Waals surface area contributed by atoms with Crippen LogP contribution >= 0.6 is 0 Å². The highest BCUT2D eigenvalue weighted by Crippen LogP contribution is 2.32. The molecule has 1 N–H and O–H groups in total. The number of carbonyl (C=O) groups excluding carboxylic acids is 1. The zero-order chi connectivity index (χ0) is 19.4. The van der Waals surface area contributed by atoms with E-state index in [-0.39, 0.29) is 17.4 Å². The second-order valence-corrected chi connectivity index (χ2v) is 7.84. The van der Waals surface area contributed by atoms with E-state index in [1.807, 2.05) is 43.3 Å². The van der Waals surface area contributed by atoms with E-state index in [9.17, 15) is 4.79 Å². The number of hydrogen-bond donors (Lipinski definition) is 1.